The van der Waals surface area contributed by atoms with Crippen molar-refractivity contribution in [2.75, 3.05) is 33.2 Å². The summed E-state index contributed by atoms with van der Waals surface area (Å²) in [5.74, 6) is 0.839. The van der Waals surface area contributed by atoms with Crippen LogP contribution in [-0.2, 0) is 0 Å². The summed E-state index contributed by atoms with van der Waals surface area (Å²) >= 11 is 0. The molecule has 0 aliphatic carbocycles. The van der Waals surface area contributed by atoms with Gasteiger partial charge in [-0.15, -0.1) is 10.2 Å². The van der Waals surface area contributed by atoms with Crippen molar-refractivity contribution in [1.29, 1.82) is 0 Å². The van der Waals surface area contributed by atoms with Gasteiger partial charge in [0.15, 0.2) is 11.6 Å². The molecule has 4 aromatic rings. The molecule has 0 saturated carbocycles. The maximum absolute atomic E-state index is 6.12. The van der Waals surface area contributed by atoms with Gasteiger partial charge in [-0.3, -0.25) is 0 Å². The second-order valence-corrected chi connectivity index (χ2v) is 6.50. The molecule has 150 valence electrons. The minimum Gasteiger partial charge on any atom is -0.397 e. The molecule has 1 heterocycles. The van der Waals surface area contributed by atoms with E-state index >= 15 is 0 Å². The van der Waals surface area contributed by atoms with Gasteiger partial charge >= 0.3 is 0 Å². The Morgan fingerprint density at radius 1 is 0.500 bits per heavy atom. The number of nitrogen functional groups attached to an aromatic ring is 3. The van der Waals surface area contributed by atoms with Crippen LogP contribution in [0.3, 0.4) is 0 Å². The number of nitrogens with zero attached hydrogens (tertiary/aromatic N) is 3. The van der Waals surface area contributed by atoms with Crippen LogP contribution in [0.5, 0.6) is 0 Å². The van der Waals surface area contributed by atoms with Gasteiger partial charge in [0.05, 0.1) is 34.1 Å². The largest absolute Gasteiger partial charge is 0.397 e. The summed E-state index contributed by atoms with van der Waals surface area (Å²) < 4.78 is 0. The van der Waals surface area contributed by atoms with Crippen molar-refractivity contribution in [3.05, 3.63) is 72.8 Å². The lowest BCUT2D eigenvalue weighted by atomic mass is 10.2. The minimum absolute atomic E-state index is 0.420. The highest BCUT2D eigenvalue weighted by Gasteiger charge is 2.16. The van der Waals surface area contributed by atoms with E-state index in [1.165, 1.54) is 0 Å². The van der Waals surface area contributed by atoms with Crippen LogP contribution in [0.15, 0.2) is 72.8 Å². The van der Waals surface area contributed by atoms with E-state index in [1.807, 2.05) is 54.6 Å². The molecule has 0 bridgehead atoms. The molecule has 0 amide bonds. The average Bonchev–Trinajstić information content (AvgIpc) is 2.75. The third-order valence-corrected chi connectivity index (χ3v) is 4.41. The van der Waals surface area contributed by atoms with Gasteiger partial charge in [-0.05, 0) is 41.6 Å². The number of hydrogen-bond donors (Lipinski definition) is 6. The van der Waals surface area contributed by atoms with E-state index in [0.717, 1.165) is 0 Å². The molecule has 3 aromatic carbocycles. The molecule has 0 aliphatic heterocycles. The number of benzene rings is 3. The Balaban J connectivity index is 1.78. The molecule has 0 fully saturated rings. The third kappa shape index (κ3) is 3.99. The van der Waals surface area contributed by atoms with Crippen molar-refractivity contribution in [3.8, 4) is 0 Å². The zero-order valence-corrected chi connectivity index (χ0v) is 16.0. The van der Waals surface area contributed by atoms with Crippen LogP contribution < -0.4 is 33.2 Å². The predicted molar refractivity (Wildman–Crippen MR) is 122 cm³/mol. The van der Waals surface area contributed by atoms with Crippen LogP contribution in [0.25, 0.3) is 0 Å². The van der Waals surface area contributed by atoms with Gasteiger partial charge < -0.3 is 33.2 Å². The number of para-hydroxylation sites is 6. The molecular weight excluding hydrogens is 378 g/mol. The summed E-state index contributed by atoms with van der Waals surface area (Å²) in [6.45, 7) is 0. The van der Waals surface area contributed by atoms with E-state index in [-0.39, 0.29) is 0 Å². The van der Waals surface area contributed by atoms with Crippen molar-refractivity contribution < 1.29 is 0 Å². The SMILES string of the molecule is Nc1ccccc1Nc1nnnc(Nc2ccccc2N)c1Nc1ccccc1N. The lowest BCUT2D eigenvalue weighted by molar-refractivity contribution is 0.879. The Hall–Kier alpha value is -4.53. The van der Waals surface area contributed by atoms with Crippen LogP contribution in [0.2, 0.25) is 0 Å². The van der Waals surface area contributed by atoms with Crippen molar-refractivity contribution in [1.82, 2.24) is 15.4 Å². The monoisotopic (exact) mass is 399 g/mol. The highest BCUT2D eigenvalue weighted by Crippen LogP contribution is 2.36. The van der Waals surface area contributed by atoms with E-state index in [2.05, 4.69) is 31.4 Å². The molecule has 9 heteroatoms. The van der Waals surface area contributed by atoms with E-state index in [0.29, 0.717) is 51.4 Å². The number of aromatic nitrogens is 3. The van der Waals surface area contributed by atoms with E-state index in [1.54, 1.807) is 18.2 Å². The van der Waals surface area contributed by atoms with Crippen LogP contribution in [-0.4, -0.2) is 15.4 Å². The zero-order chi connectivity index (χ0) is 20.9. The quantitative estimate of drug-likeness (QED) is 0.265. The summed E-state index contributed by atoms with van der Waals surface area (Å²) in [6.07, 6.45) is 0. The normalized spacial score (nSPS) is 10.4. The summed E-state index contributed by atoms with van der Waals surface area (Å²) in [7, 11) is 0. The van der Waals surface area contributed by atoms with Gasteiger partial charge in [-0.1, -0.05) is 36.4 Å². The van der Waals surface area contributed by atoms with Crippen molar-refractivity contribution in [2.24, 2.45) is 0 Å². The van der Waals surface area contributed by atoms with Crippen molar-refractivity contribution in [3.63, 3.8) is 0 Å². The fourth-order valence-corrected chi connectivity index (χ4v) is 2.84. The van der Waals surface area contributed by atoms with Gasteiger partial charge in [-0.25, -0.2) is 0 Å². The number of nitrogens with two attached hydrogens (primary N) is 3. The van der Waals surface area contributed by atoms with Gasteiger partial charge in [0.1, 0.15) is 5.69 Å². The van der Waals surface area contributed by atoms with Gasteiger partial charge in [0.25, 0.3) is 0 Å². The molecule has 0 spiro atoms. The molecule has 1 aromatic heterocycles. The highest BCUT2D eigenvalue weighted by atomic mass is 15.4. The van der Waals surface area contributed by atoms with Crippen molar-refractivity contribution in [2.45, 2.75) is 0 Å². The van der Waals surface area contributed by atoms with Gasteiger partial charge in [0, 0.05) is 0 Å². The molecule has 4 rings (SSSR count). The van der Waals surface area contributed by atoms with Crippen LogP contribution in [0.4, 0.5) is 51.4 Å². The molecular formula is C21H21N9. The first kappa shape index (κ1) is 18.8. The fourth-order valence-electron chi connectivity index (χ4n) is 2.84. The predicted octanol–water partition coefficient (Wildman–Crippen LogP) is 3.85. The van der Waals surface area contributed by atoms with Crippen molar-refractivity contribution >= 4 is 51.4 Å². The van der Waals surface area contributed by atoms with E-state index in [4.69, 9.17) is 17.2 Å². The topological polar surface area (TPSA) is 153 Å². The Morgan fingerprint density at radius 3 is 1.27 bits per heavy atom. The number of anilines is 9. The molecule has 0 unspecified atom stereocenters. The number of nitrogens with one attached hydrogen (secondary N) is 3. The minimum atomic E-state index is 0.420. The standard InChI is InChI=1S/C21H21N9/c22-13-7-1-4-10-16(13)25-19-20(26-17-11-5-2-8-14(17)23)28-30-29-21(19)27-18-12-6-3-9-15(18)24/h1-12H,22-24H2,(H,25,30)(H2,26,27,28,29). The number of hydrogen-bond acceptors (Lipinski definition) is 9. The molecule has 9 N–H and O–H groups in total. The molecule has 0 atom stereocenters. The first-order valence-corrected chi connectivity index (χ1v) is 9.20. The highest BCUT2D eigenvalue weighted by molar-refractivity contribution is 5.89. The third-order valence-electron chi connectivity index (χ3n) is 4.41. The smallest absolute Gasteiger partial charge is 0.182 e. The average molecular weight is 399 g/mol. The maximum Gasteiger partial charge on any atom is 0.182 e. The lowest BCUT2D eigenvalue weighted by Crippen LogP contribution is -2.09. The van der Waals surface area contributed by atoms with Crippen LogP contribution in [0, 0.1) is 0 Å². The first-order chi connectivity index (χ1) is 14.6. The zero-order valence-electron chi connectivity index (χ0n) is 16.0. The Labute approximate surface area is 173 Å². The first-order valence-electron chi connectivity index (χ1n) is 9.20. The summed E-state index contributed by atoms with van der Waals surface area (Å²) in [6, 6.07) is 22.1. The van der Waals surface area contributed by atoms with Gasteiger partial charge in [0.2, 0.25) is 0 Å². The molecule has 0 saturated heterocycles. The Bertz CT molecular complexity index is 1110. The molecule has 30 heavy (non-hydrogen) atoms. The molecule has 9 nitrogen and oxygen atoms in total. The van der Waals surface area contributed by atoms with E-state index in [9.17, 15) is 0 Å². The van der Waals surface area contributed by atoms with Gasteiger partial charge in [-0.2, -0.15) is 0 Å². The summed E-state index contributed by atoms with van der Waals surface area (Å²) in [4.78, 5) is 0. The second kappa shape index (κ2) is 8.23. The lowest BCUT2D eigenvalue weighted by Gasteiger charge is -2.18. The molecule has 0 radical (unpaired) electrons. The van der Waals surface area contributed by atoms with Crippen LogP contribution >= 0.6 is 0 Å². The second-order valence-electron chi connectivity index (χ2n) is 6.50. The Kier molecular flexibility index (Phi) is 5.16. The van der Waals surface area contributed by atoms with Crippen LogP contribution in [0.1, 0.15) is 0 Å². The summed E-state index contributed by atoms with van der Waals surface area (Å²) in [5.41, 5.74) is 22.6. The number of rotatable bonds is 6. The molecule has 0 aliphatic rings. The maximum atomic E-state index is 6.12. The summed E-state index contributed by atoms with van der Waals surface area (Å²) in [5, 5.41) is 21.9. The van der Waals surface area contributed by atoms with E-state index < -0.39 is 0 Å². The Morgan fingerprint density at radius 2 is 0.867 bits per heavy atom. The fraction of sp³-hybridized carbons (Fsp3) is 0.